The molecule has 0 atom stereocenters. The van der Waals surface area contributed by atoms with Gasteiger partial charge in [-0.05, 0) is 32.0 Å². The van der Waals surface area contributed by atoms with Gasteiger partial charge in [-0.2, -0.15) is 0 Å². The zero-order valence-electron chi connectivity index (χ0n) is 11.3. The second-order valence-corrected chi connectivity index (χ2v) is 5.48. The summed E-state index contributed by atoms with van der Waals surface area (Å²) in [6.45, 7) is 3.71. The summed E-state index contributed by atoms with van der Waals surface area (Å²) in [4.78, 5) is 19.8. The molecule has 0 amide bonds. The number of carbonyl (C=O) groups is 1. The molecule has 0 saturated heterocycles. The van der Waals surface area contributed by atoms with E-state index in [1.54, 1.807) is 18.2 Å². The van der Waals surface area contributed by atoms with E-state index in [-0.39, 0.29) is 12.2 Å². The van der Waals surface area contributed by atoms with Crippen LogP contribution in [0.15, 0.2) is 43.0 Å². The van der Waals surface area contributed by atoms with Crippen LogP contribution >= 0.6 is 11.6 Å². The van der Waals surface area contributed by atoms with Gasteiger partial charge in [0.05, 0.1) is 12.0 Å². The fourth-order valence-electron chi connectivity index (χ4n) is 1.82. The van der Waals surface area contributed by atoms with Gasteiger partial charge in [0.25, 0.3) is 0 Å². The Hall–Kier alpha value is -1.94. The third-order valence-electron chi connectivity index (χ3n) is 2.66. The molecule has 2 aromatic rings. The molecule has 1 heterocycles. The number of ketones is 1. The van der Waals surface area contributed by atoms with Crippen molar-refractivity contribution in [2.45, 2.75) is 25.9 Å². The predicted octanol–water partition coefficient (Wildman–Crippen LogP) is 3.56. The van der Waals surface area contributed by atoms with E-state index in [9.17, 15) is 4.79 Å². The Morgan fingerprint density at radius 2 is 2.00 bits per heavy atom. The Morgan fingerprint density at radius 3 is 2.65 bits per heavy atom. The maximum Gasteiger partial charge on any atom is 0.169 e. The Morgan fingerprint density at radius 1 is 1.30 bits per heavy atom. The lowest BCUT2D eigenvalue weighted by molar-refractivity contribution is 0.0723. The first kappa shape index (κ1) is 14.5. The lowest BCUT2D eigenvalue weighted by Crippen LogP contribution is -2.31. The molecule has 1 aromatic carbocycles. The fourth-order valence-corrected chi connectivity index (χ4v) is 2.00. The summed E-state index contributed by atoms with van der Waals surface area (Å²) >= 11 is 5.91. The van der Waals surface area contributed by atoms with Crippen molar-refractivity contribution < 1.29 is 9.53 Å². The van der Waals surface area contributed by atoms with Crippen LogP contribution in [0, 0.1) is 0 Å². The average Bonchev–Trinajstić information content (AvgIpc) is 2.38. The number of Topliss-reactive ketones (excluding diaryl/α,β-unsaturated/α-hetero) is 1. The maximum absolute atomic E-state index is 12.1. The highest BCUT2D eigenvalue weighted by molar-refractivity contribution is 6.30. The van der Waals surface area contributed by atoms with Crippen LogP contribution in [0.3, 0.4) is 0 Å². The zero-order chi connectivity index (χ0) is 14.6. The standard InChI is InChI=1S/C15H15ClN2O2/c1-15(2,20-13-5-3-4-12(16)6-13)7-14(19)11-8-17-10-18-9-11/h3-6,8-10H,7H2,1-2H3. The first-order valence-electron chi connectivity index (χ1n) is 6.19. The van der Waals surface area contributed by atoms with E-state index in [0.717, 1.165) is 0 Å². The predicted molar refractivity (Wildman–Crippen MR) is 77.1 cm³/mol. The molecule has 0 bridgehead atoms. The van der Waals surface area contributed by atoms with Crippen LogP contribution in [0.4, 0.5) is 0 Å². The molecule has 0 aliphatic carbocycles. The molecular weight excluding hydrogens is 276 g/mol. The molecule has 4 nitrogen and oxygen atoms in total. The van der Waals surface area contributed by atoms with Gasteiger partial charge in [-0.3, -0.25) is 4.79 Å². The van der Waals surface area contributed by atoms with Gasteiger partial charge in [0.2, 0.25) is 0 Å². The SMILES string of the molecule is CC(C)(CC(=O)c1cncnc1)Oc1cccc(Cl)c1. The van der Waals surface area contributed by atoms with E-state index in [2.05, 4.69) is 9.97 Å². The van der Waals surface area contributed by atoms with E-state index in [1.165, 1.54) is 18.7 Å². The maximum atomic E-state index is 12.1. The topological polar surface area (TPSA) is 52.1 Å². The molecule has 104 valence electrons. The van der Waals surface area contributed by atoms with Crippen molar-refractivity contribution >= 4 is 17.4 Å². The molecule has 0 aliphatic rings. The fraction of sp³-hybridized carbons (Fsp3) is 0.267. The summed E-state index contributed by atoms with van der Waals surface area (Å²) < 4.78 is 5.83. The van der Waals surface area contributed by atoms with Crippen molar-refractivity contribution in [1.29, 1.82) is 0 Å². The molecule has 0 N–H and O–H groups in total. The van der Waals surface area contributed by atoms with Gasteiger partial charge in [0, 0.05) is 17.4 Å². The van der Waals surface area contributed by atoms with Crippen LogP contribution < -0.4 is 4.74 Å². The molecule has 2 rings (SSSR count). The van der Waals surface area contributed by atoms with Crippen LogP contribution in [0.2, 0.25) is 5.02 Å². The minimum atomic E-state index is -0.641. The Bertz CT molecular complexity index is 600. The molecular formula is C15H15ClN2O2. The molecule has 1 aromatic heterocycles. The van der Waals surface area contributed by atoms with Crippen molar-refractivity contribution in [1.82, 2.24) is 9.97 Å². The van der Waals surface area contributed by atoms with Gasteiger partial charge in [0.15, 0.2) is 5.78 Å². The van der Waals surface area contributed by atoms with Crippen LogP contribution in [0.1, 0.15) is 30.6 Å². The minimum absolute atomic E-state index is 0.0578. The normalized spacial score (nSPS) is 11.2. The van der Waals surface area contributed by atoms with Crippen molar-refractivity contribution in [2.24, 2.45) is 0 Å². The van der Waals surface area contributed by atoms with E-state index in [0.29, 0.717) is 16.3 Å². The van der Waals surface area contributed by atoms with Crippen molar-refractivity contribution in [3.05, 3.63) is 53.6 Å². The van der Waals surface area contributed by atoms with Gasteiger partial charge < -0.3 is 4.74 Å². The summed E-state index contributed by atoms with van der Waals surface area (Å²) in [5, 5.41) is 0.598. The number of hydrogen-bond acceptors (Lipinski definition) is 4. The summed E-state index contributed by atoms with van der Waals surface area (Å²) in [7, 11) is 0. The second kappa shape index (κ2) is 6.01. The van der Waals surface area contributed by atoms with Crippen LogP contribution in [0.5, 0.6) is 5.75 Å². The highest BCUT2D eigenvalue weighted by Crippen LogP contribution is 2.24. The number of rotatable bonds is 5. The van der Waals surface area contributed by atoms with Crippen molar-refractivity contribution in [2.75, 3.05) is 0 Å². The van der Waals surface area contributed by atoms with E-state index in [4.69, 9.17) is 16.3 Å². The summed E-state index contributed by atoms with van der Waals surface area (Å²) in [5.74, 6) is 0.581. The van der Waals surface area contributed by atoms with Gasteiger partial charge in [-0.1, -0.05) is 17.7 Å². The Labute approximate surface area is 122 Å². The zero-order valence-corrected chi connectivity index (χ0v) is 12.1. The number of hydrogen-bond donors (Lipinski definition) is 0. The number of nitrogens with zero attached hydrogens (tertiary/aromatic N) is 2. The average molecular weight is 291 g/mol. The number of carbonyl (C=O) groups excluding carboxylic acids is 1. The van der Waals surface area contributed by atoms with Gasteiger partial charge in [0.1, 0.15) is 17.7 Å². The number of ether oxygens (including phenoxy) is 1. The third-order valence-corrected chi connectivity index (χ3v) is 2.89. The van der Waals surface area contributed by atoms with E-state index < -0.39 is 5.60 Å². The smallest absolute Gasteiger partial charge is 0.169 e. The van der Waals surface area contributed by atoms with E-state index >= 15 is 0 Å². The highest BCUT2D eigenvalue weighted by atomic mass is 35.5. The molecule has 0 radical (unpaired) electrons. The Balaban J connectivity index is 2.06. The van der Waals surface area contributed by atoms with Gasteiger partial charge in [-0.25, -0.2) is 9.97 Å². The number of aromatic nitrogens is 2. The summed E-state index contributed by atoms with van der Waals surface area (Å²) in [6, 6.07) is 7.11. The first-order chi connectivity index (χ1) is 9.46. The lowest BCUT2D eigenvalue weighted by Gasteiger charge is -2.25. The molecule has 5 heteroatoms. The van der Waals surface area contributed by atoms with Crippen LogP contribution in [-0.4, -0.2) is 21.4 Å². The Kier molecular flexibility index (Phi) is 4.35. The molecule has 0 saturated carbocycles. The summed E-state index contributed by atoms with van der Waals surface area (Å²) in [6.07, 6.45) is 4.63. The lowest BCUT2D eigenvalue weighted by atomic mass is 9.98. The number of halogens is 1. The quantitative estimate of drug-likeness (QED) is 0.790. The van der Waals surface area contributed by atoms with Crippen LogP contribution in [-0.2, 0) is 0 Å². The minimum Gasteiger partial charge on any atom is -0.487 e. The third kappa shape index (κ3) is 4.03. The monoisotopic (exact) mass is 290 g/mol. The molecule has 0 fully saturated rings. The number of benzene rings is 1. The van der Waals surface area contributed by atoms with E-state index in [1.807, 2.05) is 19.9 Å². The molecule has 0 unspecified atom stereocenters. The van der Waals surface area contributed by atoms with Crippen LogP contribution in [0.25, 0.3) is 0 Å². The van der Waals surface area contributed by atoms with Gasteiger partial charge in [-0.15, -0.1) is 0 Å². The first-order valence-corrected chi connectivity index (χ1v) is 6.57. The highest BCUT2D eigenvalue weighted by Gasteiger charge is 2.25. The second-order valence-electron chi connectivity index (χ2n) is 5.05. The molecule has 20 heavy (non-hydrogen) atoms. The van der Waals surface area contributed by atoms with Gasteiger partial charge >= 0.3 is 0 Å². The summed E-state index contributed by atoms with van der Waals surface area (Å²) in [5.41, 5.74) is -0.160. The largest absolute Gasteiger partial charge is 0.487 e. The van der Waals surface area contributed by atoms with Crippen molar-refractivity contribution in [3.8, 4) is 5.75 Å². The molecule has 0 aliphatic heterocycles. The van der Waals surface area contributed by atoms with Crippen molar-refractivity contribution in [3.63, 3.8) is 0 Å². The molecule has 0 spiro atoms.